The number of nitrogens with one attached hydrogen (secondary N) is 1. The van der Waals surface area contributed by atoms with E-state index in [-0.39, 0.29) is 5.91 Å². The summed E-state index contributed by atoms with van der Waals surface area (Å²) in [6.07, 6.45) is 3.10. The van der Waals surface area contributed by atoms with E-state index >= 15 is 0 Å². The third-order valence-corrected chi connectivity index (χ3v) is 3.55. The molecule has 0 saturated carbocycles. The molecular weight excluding hydrogens is 314 g/mol. The lowest BCUT2D eigenvalue weighted by Crippen LogP contribution is -2.08. The normalized spacial score (nSPS) is 10.6. The zero-order valence-corrected chi connectivity index (χ0v) is 14.0. The number of halogens is 1. The molecule has 1 amide bonds. The van der Waals surface area contributed by atoms with Gasteiger partial charge in [0.05, 0.1) is 19.8 Å². The number of hydrogen-bond acceptors (Lipinski definition) is 3. The third kappa shape index (κ3) is 4.27. The minimum atomic E-state index is -0.247. The van der Waals surface area contributed by atoms with Crippen LogP contribution in [0.4, 0.5) is 5.69 Å². The highest BCUT2D eigenvalue weighted by molar-refractivity contribution is 6.30. The van der Waals surface area contributed by atoms with Gasteiger partial charge in [0, 0.05) is 16.8 Å². The molecule has 0 bridgehead atoms. The summed E-state index contributed by atoms with van der Waals surface area (Å²) in [5, 5.41) is 3.45. The predicted octanol–water partition coefficient (Wildman–Crippen LogP) is 4.32. The fourth-order valence-electron chi connectivity index (χ4n) is 2.14. The highest BCUT2D eigenvalue weighted by Gasteiger charge is 2.08. The molecule has 2 aromatic rings. The van der Waals surface area contributed by atoms with Gasteiger partial charge >= 0.3 is 0 Å². The second kappa shape index (κ2) is 7.70. The van der Waals surface area contributed by atoms with Crippen molar-refractivity contribution < 1.29 is 14.3 Å². The Hall–Kier alpha value is -2.46. The number of methoxy groups -OCH3 is 2. The molecule has 0 aliphatic heterocycles. The van der Waals surface area contributed by atoms with Crippen molar-refractivity contribution in [2.45, 2.75) is 6.92 Å². The molecule has 2 rings (SSSR count). The Labute approximate surface area is 140 Å². The van der Waals surface area contributed by atoms with Crippen molar-refractivity contribution in [3.8, 4) is 11.5 Å². The largest absolute Gasteiger partial charge is 0.496 e. The van der Waals surface area contributed by atoms with E-state index in [1.54, 1.807) is 38.5 Å². The lowest BCUT2D eigenvalue weighted by molar-refractivity contribution is -0.111. The van der Waals surface area contributed by atoms with Crippen molar-refractivity contribution in [3.05, 3.63) is 58.6 Å². The quantitative estimate of drug-likeness (QED) is 0.830. The lowest BCUT2D eigenvalue weighted by Gasteiger charge is -2.10. The number of hydrogen-bond donors (Lipinski definition) is 1. The van der Waals surface area contributed by atoms with Gasteiger partial charge in [-0.3, -0.25) is 4.79 Å². The smallest absolute Gasteiger partial charge is 0.248 e. The van der Waals surface area contributed by atoms with Gasteiger partial charge in [-0.1, -0.05) is 17.7 Å². The second-order valence-electron chi connectivity index (χ2n) is 4.86. The first kappa shape index (κ1) is 16.9. The van der Waals surface area contributed by atoms with Gasteiger partial charge in [-0.15, -0.1) is 0 Å². The fraction of sp³-hybridized carbons (Fsp3) is 0.167. The Morgan fingerprint density at radius 2 is 1.78 bits per heavy atom. The van der Waals surface area contributed by atoms with Crippen LogP contribution in [0.15, 0.2) is 42.5 Å². The maximum Gasteiger partial charge on any atom is 0.248 e. The second-order valence-corrected chi connectivity index (χ2v) is 5.29. The van der Waals surface area contributed by atoms with Gasteiger partial charge in [-0.2, -0.15) is 0 Å². The first-order chi connectivity index (χ1) is 11.0. The average molecular weight is 332 g/mol. The van der Waals surface area contributed by atoms with Crippen molar-refractivity contribution in [1.82, 2.24) is 0 Å². The topological polar surface area (TPSA) is 47.6 Å². The van der Waals surface area contributed by atoms with Crippen LogP contribution in [0, 0.1) is 6.92 Å². The first-order valence-electron chi connectivity index (χ1n) is 7.01. The van der Waals surface area contributed by atoms with Crippen LogP contribution in [-0.4, -0.2) is 20.1 Å². The van der Waals surface area contributed by atoms with E-state index < -0.39 is 0 Å². The summed E-state index contributed by atoms with van der Waals surface area (Å²) in [7, 11) is 3.15. The molecule has 0 aliphatic rings. The molecule has 0 heterocycles. The molecule has 0 spiro atoms. The summed E-state index contributed by atoms with van der Waals surface area (Å²) in [5.74, 6) is 1.02. The number of aryl methyl sites for hydroxylation is 1. The monoisotopic (exact) mass is 331 g/mol. The molecule has 23 heavy (non-hydrogen) atoms. The zero-order valence-electron chi connectivity index (χ0n) is 13.2. The Balaban J connectivity index is 2.18. The first-order valence-corrected chi connectivity index (χ1v) is 7.39. The van der Waals surface area contributed by atoms with Crippen LogP contribution in [0.1, 0.15) is 11.1 Å². The molecule has 120 valence electrons. The standard InChI is InChI=1S/C18H18ClNO3/c1-12-11-13(19)7-9-15(12)20-18(21)10-8-14-16(22-2)5-4-6-17(14)23-3/h4-11H,1-3H3,(H,20,21)/b10-8+. The Morgan fingerprint density at radius 3 is 2.35 bits per heavy atom. The summed E-state index contributed by atoms with van der Waals surface area (Å²) in [6, 6.07) is 10.7. The van der Waals surface area contributed by atoms with Crippen molar-refractivity contribution in [2.24, 2.45) is 0 Å². The zero-order chi connectivity index (χ0) is 16.8. The van der Waals surface area contributed by atoms with Crippen LogP contribution in [0.25, 0.3) is 6.08 Å². The Kier molecular flexibility index (Phi) is 5.66. The highest BCUT2D eigenvalue weighted by atomic mass is 35.5. The molecule has 4 nitrogen and oxygen atoms in total. The summed E-state index contributed by atoms with van der Waals surface area (Å²) >= 11 is 5.91. The average Bonchev–Trinajstić information content (AvgIpc) is 2.55. The number of carbonyl (C=O) groups excluding carboxylic acids is 1. The predicted molar refractivity (Wildman–Crippen MR) is 93.4 cm³/mol. The van der Waals surface area contributed by atoms with Crippen molar-refractivity contribution in [1.29, 1.82) is 0 Å². The van der Waals surface area contributed by atoms with E-state index in [2.05, 4.69) is 5.32 Å². The molecule has 0 aromatic heterocycles. The van der Waals surface area contributed by atoms with E-state index in [4.69, 9.17) is 21.1 Å². The van der Waals surface area contributed by atoms with E-state index in [9.17, 15) is 4.79 Å². The lowest BCUT2D eigenvalue weighted by atomic mass is 10.1. The highest BCUT2D eigenvalue weighted by Crippen LogP contribution is 2.29. The molecule has 2 aromatic carbocycles. The van der Waals surface area contributed by atoms with Crippen LogP contribution in [0.2, 0.25) is 5.02 Å². The molecule has 5 heteroatoms. The van der Waals surface area contributed by atoms with Crippen molar-refractivity contribution in [3.63, 3.8) is 0 Å². The van der Waals surface area contributed by atoms with E-state index in [1.807, 2.05) is 25.1 Å². The van der Waals surface area contributed by atoms with Crippen LogP contribution in [-0.2, 0) is 4.79 Å². The summed E-state index contributed by atoms with van der Waals surface area (Å²) in [4.78, 5) is 12.1. The summed E-state index contributed by atoms with van der Waals surface area (Å²) in [5.41, 5.74) is 2.32. The number of ether oxygens (including phenoxy) is 2. The Morgan fingerprint density at radius 1 is 1.13 bits per heavy atom. The third-order valence-electron chi connectivity index (χ3n) is 3.31. The number of anilines is 1. The molecule has 0 unspecified atom stereocenters. The van der Waals surface area contributed by atoms with Crippen LogP contribution < -0.4 is 14.8 Å². The molecule has 0 saturated heterocycles. The van der Waals surface area contributed by atoms with Gasteiger partial charge in [0.25, 0.3) is 0 Å². The van der Waals surface area contributed by atoms with Crippen molar-refractivity contribution >= 4 is 29.3 Å². The van der Waals surface area contributed by atoms with E-state index in [0.717, 1.165) is 11.3 Å². The molecule has 1 N–H and O–H groups in total. The minimum absolute atomic E-state index is 0.247. The summed E-state index contributed by atoms with van der Waals surface area (Å²) < 4.78 is 10.6. The van der Waals surface area contributed by atoms with Gasteiger partial charge in [0.2, 0.25) is 5.91 Å². The van der Waals surface area contributed by atoms with Crippen LogP contribution in [0.5, 0.6) is 11.5 Å². The maximum atomic E-state index is 12.1. The number of benzene rings is 2. The fourth-order valence-corrected chi connectivity index (χ4v) is 2.37. The Bertz CT molecular complexity index is 719. The van der Waals surface area contributed by atoms with Crippen molar-refractivity contribution in [2.75, 3.05) is 19.5 Å². The van der Waals surface area contributed by atoms with Gasteiger partial charge < -0.3 is 14.8 Å². The van der Waals surface area contributed by atoms with Gasteiger partial charge in [-0.25, -0.2) is 0 Å². The van der Waals surface area contributed by atoms with Gasteiger partial charge in [0.1, 0.15) is 11.5 Å². The van der Waals surface area contributed by atoms with Gasteiger partial charge in [0.15, 0.2) is 0 Å². The molecule has 0 atom stereocenters. The molecule has 0 radical (unpaired) electrons. The number of rotatable bonds is 5. The minimum Gasteiger partial charge on any atom is -0.496 e. The van der Waals surface area contributed by atoms with E-state index in [0.29, 0.717) is 22.1 Å². The molecule has 0 aliphatic carbocycles. The van der Waals surface area contributed by atoms with Gasteiger partial charge in [-0.05, 0) is 48.9 Å². The number of amides is 1. The SMILES string of the molecule is COc1cccc(OC)c1/C=C/C(=O)Nc1ccc(Cl)cc1C. The van der Waals surface area contributed by atoms with E-state index in [1.165, 1.54) is 6.08 Å². The summed E-state index contributed by atoms with van der Waals surface area (Å²) in [6.45, 7) is 1.88. The molecular formula is C18H18ClNO3. The molecule has 0 fully saturated rings. The maximum absolute atomic E-state index is 12.1. The van der Waals surface area contributed by atoms with Crippen LogP contribution in [0.3, 0.4) is 0 Å². The van der Waals surface area contributed by atoms with Crippen LogP contribution >= 0.6 is 11.6 Å². The number of carbonyl (C=O) groups is 1.